The predicted octanol–water partition coefficient (Wildman–Crippen LogP) is 2.59. The minimum atomic E-state index is -0.326. The van der Waals surface area contributed by atoms with Gasteiger partial charge in [0.25, 0.3) is 0 Å². The second-order valence-corrected chi connectivity index (χ2v) is 5.21. The number of aromatic nitrogens is 2. The monoisotopic (exact) mass is 301 g/mol. The van der Waals surface area contributed by atoms with Crippen LogP contribution >= 0.6 is 0 Å². The number of nitrogens with zero attached hydrogens (tertiary/aromatic N) is 3. The van der Waals surface area contributed by atoms with E-state index in [0.717, 1.165) is 37.2 Å². The van der Waals surface area contributed by atoms with Crippen molar-refractivity contribution in [2.24, 2.45) is 0 Å². The number of carbonyl (C=O) groups is 1. The molecule has 1 aliphatic heterocycles. The zero-order valence-electron chi connectivity index (χ0n) is 12.6. The highest BCUT2D eigenvalue weighted by Gasteiger charge is 2.20. The maximum absolute atomic E-state index is 12.2. The highest BCUT2D eigenvalue weighted by Crippen LogP contribution is 2.20. The van der Waals surface area contributed by atoms with Crippen LogP contribution in [-0.4, -0.2) is 40.9 Å². The van der Waals surface area contributed by atoms with Crippen LogP contribution in [0.3, 0.4) is 0 Å². The normalized spacial score (nSPS) is 14.7. The predicted molar refractivity (Wildman–Crippen MR) is 81.6 cm³/mol. The average molecular weight is 301 g/mol. The van der Waals surface area contributed by atoms with Crippen molar-refractivity contribution in [2.45, 2.75) is 19.3 Å². The van der Waals surface area contributed by atoms with Gasteiger partial charge >= 0.3 is 6.09 Å². The molecule has 3 rings (SSSR count). The molecule has 2 heterocycles. The summed E-state index contributed by atoms with van der Waals surface area (Å²) in [6.45, 7) is 1.51. The molecular weight excluding hydrogens is 282 g/mol. The van der Waals surface area contributed by atoms with E-state index in [2.05, 4.69) is 4.98 Å². The van der Waals surface area contributed by atoms with Crippen molar-refractivity contribution in [3.05, 3.63) is 36.7 Å². The maximum atomic E-state index is 12.2. The third-order valence-electron chi connectivity index (χ3n) is 3.75. The lowest BCUT2D eigenvalue weighted by atomic mass is 10.1. The fraction of sp³-hybridized carbons (Fsp3) is 0.375. The van der Waals surface area contributed by atoms with Crippen molar-refractivity contribution in [2.75, 3.05) is 20.2 Å². The Bertz CT molecular complexity index is 630. The molecule has 1 saturated heterocycles. The van der Waals surface area contributed by atoms with Gasteiger partial charge in [-0.3, -0.25) is 0 Å². The first-order chi connectivity index (χ1) is 10.8. The van der Waals surface area contributed by atoms with E-state index in [1.807, 2.05) is 24.3 Å². The van der Waals surface area contributed by atoms with Crippen LogP contribution in [-0.2, 0) is 0 Å². The largest absolute Gasteiger partial charge is 0.497 e. The van der Waals surface area contributed by atoms with Gasteiger partial charge in [0.05, 0.1) is 13.3 Å². The number of benzene rings is 1. The summed E-state index contributed by atoms with van der Waals surface area (Å²) >= 11 is 0. The molecule has 1 aromatic carbocycles. The third-order valence-corrected chi connectivity index (χ3v) is 3.75. The highest BCUT2D eigenvalue weighted by molar-refractivity contribution is 5.68. The van der Waals surface area contributed by atoms with Crippen molar-refractivity contribution in [1.29, 1.82) is 0 Å². The van der Waals surface area contributed by atoms with Crippen LogP contribution in [0.15, 0.2) is 36.7 Å². The Morgan fingerprint density at radius 2 is 1.86 bits per heavy atom. The van der Waals surface area contributed by atoms with Crippen LogP contribution in [0.4, 0.5) is 4.79 Å². The van der Waals surface area contributed by atoms with Crippen LogP contribution in [0.5, 0.6) is 5.75 Å². The molecule has 1 aliphatic rings. The van der Waals surface area contributed by atoms with Crippen molar-refractivity contribution in [3.63, 3.8) is 0 Å². The van der Waals surface area contributed by atoms with Gasteiger partial charge in [-0.1, -0.05) is 0 Å². The summed E-state index contributed by atoms with van der Waals surface area (Å²) in [5, 5.41) is 0. The zero-order valence-corrected chi connectivity index (χ0v) is 12.6. The minimum absolute atomic E-state index is 0.326. The lowest BCUT2D eigenvalue weighted by Crippen LogP contribution is -2.40. The summed E-state index contributed by atoms with van der Waals surface area (Å²) < 4.78 is 6.56. The Balaban J connectivity index is 1.75. The van der Waals surface area contributed by atoms with Crippen LogP contribution in [0, 0.1) is 0 Å². The Kier molecular flexibility index (Phi) is 4.27. The van der Waals surface area contributed by atoms with E-state index >= 15 is 0 Å². The number of rotatable bonds is 3. The molecule has 0 aliphatic carbocycles. The van der Waals surface area contributed by atoms with Crippen LogP contribution in [0.2, 0.25) is 0 Å². The molecule has 116 valence electrons. The lowest BCUT2D eigenvalue weighted by Gasteiger charge is -2.25. The van der Waals surface area contributed by atoms with E-state index in [0.29, 0.717) is 5.82 Å². The number of likely N-dealkylation sites (tertiary alicyclic amines) is 1. The Labute approximate surface area is 129 Å². The standard InChI is InChI=1S/C16H19N3O3/c1-21-14-7-5-13(6-8-14)15-17-9-12-19(15)22-16(20)18-10-3-2-4-11-18/h5-9,12H,2-4,10-11H2,1H3. The van der Waals surface area contributed by atoms with E-state index in [9.17, 15) is 4.79 Å². The second-order valence-electron chi connectivity index (χ2n) is 5.21. The van der Waals surface area contributed by atoms with Gasteiger partial charge in [0.1, 0.15) is 5.75 Å². The van der Waals surface area contributed by atoms with Gasteiger partial charge in [-0.2, -0.15) is 4.73 Å². The summed E-state index contributed by atoms with van der Waals surface area (Å²) in [6.07, 6.45) is 6.16. The molecule has 0 spiro atoms. The SMILES string of the molecule is COc1ccc(-c2nccn2OC(=O)N2CCCCC2)cc1. The number of piperidine rings is 1. The fourth-order valence-corrected chi connectivity index (χ4v) is 2.53. The van der Waals surface area contributed by atoms with Crippen molar-refractivity contribution in [3.8, 4) is 17.1 Å². The number of hydrogen-bond acceptors (Lipinski definition) is 4. The molecule has 0 saturated carbocycles. The van der Waals surface area contributed by atoms with E-state index < -0.39 is 0 Å². The molecule has 1 amide bonds. The first-order valence-corrected chi connectivity index (χ1v) is 7.43. The van der Waals surface area contributed by atoms with Gasteiger partial charge in [-0.05, 0) is 43.5 Å². The molecule has 2 aromatic rings. The van der Waals surface area contributed by atoms with Crippen molar-refractivity contribution >= 4 is 6.09 Å². The molecule has 6 nitrogen and oxygen atoms in total. The van der Waals surface area contributed by atoms with E-state index in [4.69, 9.17) is 9.57 Å². The van der Waals surface area contributed by atoms with Crippen LogP contribution < -0.4 is 9.57 Å². The van der Waals surface area contributed by atoms with Gasteiger partial charge in [0.15, 0.2) is 5.82 Å². The number of amides is 1. The molecule has 1 fully saturated rings. The summed E-state index contributed by atoms with van der Waals surface area (Å²) in [6, 6.07) is 7.46. The number of imidazole rings is 1. The third kappa shape index (κ3) is 3.05. The van der Waals surface area contributed by atoms with Crippen LogP contribution in [0.1, 0.15) is 19.3 Å². The molecule has 0 bridgehead atoms. The Morgan fingerprint density at radius 1 is 1.14 bits per heavy atom. The molecule has 6 heteroatoms. The van der Waals surface area contributed by atoms with Crippen molar-refractivity contribution < 1.29 is 14.4 Å². The number of ether oxygens (including phenoxy) is 1. The minimum Gasteiger partial charge on any atom is -0.497 e. The Morgan fingerprint density at radius 3 is 2.55 bits per heavy atom. The van der Waals surface area contributed by atoms with Gasteiger partial charge in [-0.15, -0.1) is 0 Å². The summed E-state index contributed by atoms with van der Waals surface area (Å²) in [5.74, 6) is 1.36. The summed E-state index contributed by atoms with van der Waals surface area (Å²) in [7, 11) is 1.62. The second kappa shape index (κ2) is 6.51. The van der Waals surface area contributed by atoms with Crippen LogP contribution in [0.25, 0.3) is 11.4 Å². The smallest absolute Gasteiger partial charge is 0.434 e. The average Bonchev–Trinajstić information content (AvgIpc) is 3.04. The summed E-state index contributed by atoms with van der Waals surface area (Å²) in [5.41, 5.74) is 0.859. The van der Waals surface area contributed by atoms with Gasteiger partial charge in [0, 0.05) is 24.8 Å². The fourth-order valence-electron chi connectivity index (χ4n) is 2.53. The maximum Gasteiger partial charge on any atom is 0.434 e. The topological polar surface area (TPSA) is 56.6 Å². The van der Waals surface area contributed by atoms with E-state index in [1.54, 1.807) is 24.4 Å². The van der Waals surface area contributed by atoms with E-state index in [-0.39, 0.29) is 6.09 Å². The van der Waals surface area contributed by atoms with Crippen molar-refractivity contribution in [1.82, 2.24) is 14.6 Å². The molecule has 22 heavy (non-hydrogen) atoms. The first kappa shape index (κ1) is 14.4. The van der Waals surface area contributed by atoms with Gasteiger partial charge in [0.2, 0.25) is 0 Å². The molecule has 0 radical (unpaired) electrons. The molecule has 0 unspecified atom stereocenters. The Hall–Kier alpha value is -2.50. The summed E-state index contributed by atoms with van der Waals surface area (Å²) in [4.78, 5) is 23.6. The lowest BCUT2D eigenvalue weighted by molar-refractivity contribution is 0.0873. The molecule has 0 atom stereocenters. The number of methoxy groups -OCH3 is 1. The quantitative estimate of drug-likeness (QED) is 0.874. The number of hydrogen-bond donors (Lipinski definition) is 0. The molecular formula is C16H19N3O3. The number of carbonyl (C=O) groups excluding carboxylic acids is 1. The molecule has 1 aromatic heterocycles. The van der Waals surface area contributed by atoms with Gasteiger partial charge < -0.3 is 14.5 Å². The van der Waals surface area contributed by atoms with E-state index in [1.165, 1.54) is 11.2 Å². The molecule has 0 N–H and O–H groups in total. The van der Waals surface area contributed by atoms with Gasteiger partial charge in [-0.25, -0.2) is 9.78 Å². The zero-order chi connectivity index (χ0) is 15.4. The first-order valence-electron chi connectivity index (χ1n) is 7.43. The highest BCUT2D eigenvalue weighted by atomic mass is 16.7.